The van der Waals surface area contributed by atoms with Crippen LogP contribution in [0.1, 0.15) is 383 Å². The lowest BCUT2D eigenvalue weighted by atomic mass is 10.0. The molecule has 0 bridgehead atoms. The van der Waals surface area contributed by atoms with Crippen molar-refractivity contribution in [3.8, 4) is 0 Å². The second-order valence-electron chi connectivity index (χ2n) is 29.3. The van der Waals surface area contributed by atoms with Crippen LogP contribution in [0.3, 0.4) is 0 Å². The van der Waals surface area contributed by atoms with E-state index in [-0.39, 0.29) is 25.7 Å². The third-order valence-corrected chi connectivity index (χ3v) is 19.5. The first-order chi connectivity index (χ1) is 45.6. The van der Waals surface area contributed by atoms with Crippen LogP contribution >= 0.6 is 15.6 Å². The summed E-state index contributed by atoms with van der Waals surface area (Å²) in [6.07, 6.45) is 49.9. The first-order valence-corrected chi connectivity index (χ1v) is 42.2. The van der Waals surface area contributed by atoms with Gasteiger partial charge in [0, 0.05) is 25.7 Å². The maximum absolute atomic E-state index is 13.1. The fourth-order valence-corrected chi connectivity index (χ4v) is 13.1. The predicted molar refractivity (Wildman–Crippen MR) is 386 cm³/mol. The number of unbranched alkanes of at least 4 members (excludes halogenated alkanes) is 39. The zero-order valence-electron chi connectivity index (χ0n) is 62.3. The molecule has 95 heavy (non-hydrogen) atoms. The summed E-state index contributed by atoms with van der Waals surface area (Å²) >= 11 is 0. The van der Waals surface area contributed by atoms with Crippen LogP contribution in [0.15, 0.2) is 0 Å². The van der Waals surface area contributed by atoms with E-state index in [0.29, 0.717) is 25.7 Å². The molecule has 0 aromatic carbocycles. The molecule has 17 nitrogen and oxygen atoms in total. The molecule has 0 aliphatic rings. The van der Waals surface area contributed by atoms with Crippen LogP contribution in [0.2, 0.25) is 0 Å². The lowest BCUT2D eigenvalue weighted by Gasteiger charge is -2.21. The van der Waals surface area contributed by atoms with Crippen LogP contribution in [0.4, 0.5) is 0 Å². The minimum absolute atomic E-state index is 0.105. The van der Waals surface area contributed by atoms with Gasteiger partial charge in [0.1, 0.15) is 19.3 Å². The molecule has 3 N–H and O–H groups in total. The Labute approximate surface area is 581 Å². The Hall–Kier alpha value is -1.94. The van der Waals surface area contributed by atoms with Gasteiger partial charge in [0.15, 0.2) is 12.2 Å². The molecule has 19 heteroatoms. The number of ether oxygens (including phenoxy) is 4. The number of phosphoric ester groups is 2. The van der Waals surface area contributed by atoms with Crippen molar-refractivity contribution in [3.63, 3.8) is 0 Å². The van der Waals surface area contributed by atoms with E-state index in [9.17, 15) is 43.2 Å². The van der Waals surface area contributed by atoms with Crippen molar-refractivity contribution in [2.75, 3.05) is 39.6 Å². The molecular weight excluding hydrogens is 1250 g/mol. The smallest absolute Gasteiger partial charge is 0.462 e. The second-order valence-corrected chi connectivity index (χ2v) is 32.2. The van der Waals surface area contributed by atoms with Crippen LogP contribution in [0, 0.1) is 23.7 Å². The van der Waals surface area contributed by atoms with E-state index < -0.39 is 97.5 Å². The maximum atomic E-state index is 13.1. The molecule has 0 aromatic heterocycles. The zero-order chi connectivity index (χ0) is 70.3. The number of carbonyl (C=O) groups is 4. The summed E-state index contributed by atoms with van der Waals surface area (Å²) in [6, 6.07) is 0. The molecule has 0 radical (unpaired) electrons. The number of aliphatic hydroxyl groups excluding tert-OH is 1. The Balaban J connectivity index is 5.27. The van der Waals surface area contributed by atoms with Crippen molar-refractivity contribution in [2.24, 2.45) is 23.7 Å². The summed E-state index contributed by atoms with van der Waals surface area (Å²) in [6.45, 7) is 14.2. The van der Waals surface area contributed by atoms with Gasteiger partial charge < -0.3 is 33.8 Å². The average molecular weight is 1400 g/mol. The number of phosphoric acid groups is 2. The Bertz CT molecular complexity index is 1870. The fourth-order valence-electron chi connectivity index (χ4n) is 11.6. The van der Waals surface area contributed by atoms with Crippen molar-refractivity contribution in [2.45, 2.75) is 401 Å². The third kappa shape index (κ3) is 70.3. The molecule has 0 aliphatic carbocycles. The van der Waals surface area contributed by atoms with Crippen molar-refractivity contribution in [1.82, 2.24) is 0 Å². The van der Waals surface area contributed by atoms with Crippen molar-refractivity contribution in [1.29, 1.82) is 0 Å². The first-order valence-electron chi connectivity index (χ1n) is 39.2. The van der Waals surface area contributed by atoms with E-state index >= 15 is 0 Å². The Morgan fingerprint density at radius 2 is 0.442 bits per heavy atom. The second kappa shape index (κ2) is 65.4. The van der Waals surface area contributed by atoms with Gasteiger partial charge in [-0.2, -0.15) is 0 Å². The highest BCUT2D eigenvalue weighted by molar-refractivity contribution is 7.47. The minimum atomic E-state index is -4.96. The van der Waals surface area contributed by atoms with Gasteiger partial charge in [0.25, 0.3) is 0 Å². The highest BCUT2D eigenvalue weighted by Gasteiger charge is 2.30. The Kier molecular flexibility index (Phi) is 64.0. The largest absolute Gasteiger partial charge is 0.472 e. The molecule has 0 fully saturated rings. The molecule has 0 aliphatic heterocycles. The Morgan fingerprint density at radius 3 is 0.653 bits per heavy atom. The summed E-state index contributed by atoms with van der Waals surface area (Å²) < 4.78 is 68.5. The van der Waals surface area contributed by atoms with Gasteiger partial charge in [-0.25, -0.2) is 9.13 Å². The standard InChI is InChI=1S/C76H148O17P2/c1-66(2)52-44-36-28-20-14-10-9-11-17-25-34-42-50-58-75(80)92-71(62-86-73(78)56-48-40-32-24-16-13-12-15-21-29-37-45-53-67(3)4)64-90-94(82,83)88-60-70(77)61-89-95(84,85)91-65-72(93-76(81)59-51-43-35-27-19-23-31-39-47-55-69(7)8)63-87-74(79)57-49-41-33-26-18-22-30-38-46-54-68(5)6/h66-72,77H,9-65H2,1-8H3,(H,82,83)(H,84,85)/t70-,71-,72-/m1/s1. The van der Waals surface area contributed by atoms with Crippen LogP contribution in [-0.4, -0.2) is 96.7 Å². The van der Waals surface area contributed by atoms with E-state index in [1.807, 2.05) is 0 Å². The van der Waals surface area contributed by atoms with E-state index in [1.54, 1.807) is 0 Å². The lowest BCUT2D eigenvalue weighted by Crippen LogP contribution is -2.30. The molecule has 2 unspecified atom stereocenters. The van der Waals surface area contributed by atoms with Gasteiger partial charge in [-0.15, -0.1) is 0 Å². The molecule has 0 saturated heterocycles. The van der Waals surface area contributed by atoms with E-state index in [0.717, 1.165) is 114 Å². The van der Waals surface area contributed by atoms with Crippen molar-refractivity contribution in [3.05, 3.63) is 0 Å². The number of aliphatic hydroxyl groups is 1. The third-order valence-electron chi connectivity index (χ3n) is 17.6. The van der Waals surface area contributed by atoms with Crippen LogP contribution in [0.5, 0.6) is 0 Å². The monoisotopic (exact) mass is 1400 g/mol. The van der Waals surface area contributed by atoms with Gasteiger partial charge in [-0.1, -0.05) is 331 Å². The normalized spacial score (nSPS) is 14.1. The van der Waals surface area contributed by atoms with Crippen LogP contribution in [0.25, 0.3) is 0 Å². The fraction of sp³-hybridized carbons (Fsp3) is 0.947. The first kappa shape index (κ1) is 93.1. The quantitative estimate of drug-likeness (QED) is 0.0222. The van der Waals surface area contributed by atoms with Gasteiger partial charge in [0.05, 0.1) is 26.4 Å². The van der Waals surface area contributed by atoms with Gasteiger partial charge in [-0.05, 0) is 49.4 Å². The molecule has 0 saturated carbocycles. The van der Waals surface area contributed by atoms with Crippen LogP contribution in [-0.2, 0) is 65.4 Å². The van der Waals surface area contributed by atoms with E-state index in [1.165, 1.54) is 186 Å². The predicted octanol–water partition coefficient (Wildman–Crippen LogP) is 22.0. The SMILES string of the molecule is CC(C)CCCCCCCCCCCCCCCC(=O)O[C@H](COC(=O)CCCCCCCCCCCCCCC(C)C)COP(=O)(O)OC[C@@H](O)COP(=O)(O)OC[C@@H](COC(=O)CCCCCCCCCCCC(C)C)OC(=O)CCCCCCCCCCCC(C)C. The van der Waals surface area contributed by atoms with Gasteiger partial charge in [0.2, 0.25) is 0 Å². The molecule has 5 atom stereocenters. The lowest BCUT2D eigenvalue weighted by molar-refractivity contribution is -0.161. The molecule has 0 spiro atoms. The van der Waals surface area contributed by atoms with Crippen LogP contribution < -0.4 is 0 Å². The summed E-state index contributed by atoms with van der Waals surface area (Å²) in [7, 11) is -9.91. The summed E-state index contributed by atoms with van der Waals surface area (Å²) in [5.74, 6) is 0.928. The summed E-state index contributed by atoms with van der Waals surface area (Å²) in [5.41, 5.74) is 0. The molecule has 0 amide bonds. The van der Waals surface area contributed by atoms with Crippen molar-refractivity contribution >= 4 is 39.5 Å². The van der Waals surface area contributed by atoms with E-state index in [4.69, 9.17) is 37.0 Å². The van der Waals surface area contributed by atoms with E-state index in [2.05, 4.69) is 55.4 Å². The molecule has 564 valence electrons. The summed E-state index contributed by atoms with van der Waals surface area (Å²) in [5, 5.41) is 10.6. The topological polar surface area (TPSA) is 237 Å². The molecule has 0 aromatic rings. The molecule has 0 heterocycles. The zero-order valence-corrected chi connectivity index (χ0v) is 64.1. The number of hydrogen-bond donors (Lipinski definition) is 3. The maximum Gasteiger partial charge on any atom is 0.472 e. The highest BCUT2D eigenvalue weighted by Crippen LogP contribution is 2.45. The van der Waals surface area contributed by atoms with Gasteiger partial charge >= 0.3 is 39.5 Å². The molecule has 0 rings (SSSR count). The van der Waals surface area contributed by atoms with Gasteiger partial charge in [-0.3, -0.25) is 37.3 Å². The summed E-state index contributed by atoms with van der Waals surface area (Å²) in [4.78, 5) is 72.8. The molecular formula is C76H148O17P2. The Morgan fingerprint density at radius 1 is 0.263 bits per heavy atom. The minimum Gasteiger partial charge on any atom is -0.462 e. The number of esters is 4. The highest BCUT2D eigenvalue weighted by atomic mass is 31.2. The number of carbonyl (C=O) groups excluding carboxylic acids is 4. The van der Waals surface area contributed by atoms with Crippen molar-refractivity contribution < 1.29 is 80.2 Å². The average Bonchev–Trinajstić information content (AvgIpc) is 1.74. The number of rotatable bonds is 73. The number of hydrogen-bond acceptors (Lipinski definition) is 15.